The van der Waals surface area contributed by atoms with Crippen molar-refractivity contribution in [1.29, 1.82) is 0 Å². The van der Waals surface area contributed by atoms with Crippen LogP contribution < -0.4 is 0 Å². The highest BCUT2D eigenvalue weighted by molar-refractivity contribution is 6.32. The van der Waals surface area contributed by atoms with Gasteiger partial charge in [0.1, 0.15) is 5.69 Å². The van der Waals surface area contributed by atoms with Crippen LogP contribution in [0.3, 0.4) is 0 Å². The summed E-state index contributed by atoms with van der Waals surface area (Å²) >= 11 is 0. The van der Waals surface area contributed by atoms with E-state index in [4.69, 9.17) is 0 Å². The molecular formula is C20H12N2O2. The summed E-state index contributed by atoms with van der Waals surface area (Å²) in [5.74, 6) is -0.323. The predicted molar refractivity (Wildman–Crippen MR) is 91.5 cm³/mol. The number of para-hydroxylation sites is 1. The molecule has 5 rings (SSSR count). The molecule has 4 aromatic rings. The lowest BCUT2D eigenvalue weighted by Gasteiger charge is -2.17. The van der Waals surface area contributed by atoms with Crippen LogP contribution in [0.15, 0.2) is 54.7 Å². The second-order valence-corrected chi connectivity index (χ2v) is 6.02. The van der Waals surface area contributed by atoms with Gasteiger partial charge in [0.25, 0.3) is 0 Å². The van der Waals surface area contributed by atoms with E-state index < -0.39 is 0 Å². The van der Waals surface area contributed by atoms with Gasteiger partial charge in [0.2, 0.25) is 5.78 Å². The first kappa shape index (κ1) is 13.2. The lowest BCUT2D eigenvalue weighted by atomic mass is 9.85. The van der Waals surface area contributed by atoms with Gasteiger partial charge in [-0.2, -0.15) is 0 Å². The molecule has 0 saturated heterocycles. The van der Waals surface area contributed by atoms with E-state index in [1.54, 1.807) is 24.4 Å². The molecule has 0 fully saturated rings. The second-order valence-electron chi connectivity index (χ2n) is 6.02. The monoisotopic (exact) mass is 312 g/mol. The Balaban J connectivity index is 1.98. The molecule has 0 atom stereocenters. The third-order valence-corrected chi connectivity index (χ3v) is 4.81. The molecule has 0 unspecified atom stereocenters. The van der Waals surface area contributed by atoms with Crippen molar-refractivity contribution < 1.29 is 9.59 Å². The van der Waals surface area contributed by atoms with E-state index in [2.05, 4.69) is 4.98 Å². The van der Waals surface area contributed by atoms with Crippen LogP contribution in [0.1, 0.15) is 32.0 Å². The molecule has 4 nitrogen and oxygen atoms in total. The summed E-state index contributed by atoms with van der Waals surface area (Å²) in [7, 11) is 1.93. The average Bonchev–Trinajstić information content (AvgIpc) is 2.92. The maximum Gasteiger partial charge on any atom is 0.214 e. The minimum absolute atomic E-state index is 0.139. The van der Waals surface area contributed by atoms with Gasteiger partial charge in [-0.15, -0.1) is 0 Å². The molecule has 0 amide bonds. The molecule has 0 bridgehead atoms. The fraction of sp³-hybridized carbons (Fsp3) is 0.0500. The Bertz CT molecular complexity index is 1200. The van der Waals surface area contributed by atoms with Crippen LogP contribution in [0.25, 0.3) is 21.8 Å². The third-order valence-electron chi connectivity index (χ3n) is 4.81. The summed E-state index contributed by atoms with van der Waals surface area (Å²) in [4.78, 5) is 30.1. The van der Waals surface area contributed by atoms with Crippen LogP contribution in [0.5, 0.6) is 0 Å². The summed E-state index contributed by atoms with van der Waals surface area (Å²) < 4.78 is 1.99. The van der Waals surface area contributed by atoms with Crippen LogP contribution in [-0.4, -0.2) is 21.1 Å². The fourth-order valence-corrected chi connectivity index (χ4v) is 3.72. The number of rotatable bonds is 0. The van der Waals surface area contributed by atoms with Gasteiger partial charge in [-0.05, 0) is 24.3 Å². The van der Waals surface area contributed by atoms with Gasteiger partial charge in [0, 0.05) is 35.1 Å². The van der Waals surface area contributed by atoms with Crippen molar-refractivity contribution in [2.75, 3.05) is 0 Å². The van der Waals surface area contributed by atoms with E-state index >= 15 is 0 Å². The van der Waals surface area contributed by atoms with E-state index in [1.165, 1.54) is 0 Å². The molecule has 2 aromatic carbocycles. The molecule has 114 valence electrons. The minimum atomic E-state index is -0.184. The number of pyridine rings is 1. The Labute approximate surface area is 137 Å². The molecule has 0 spiro atoms. The second kappa shape index (κ2) is 4.38. The number of carbonyl (C=O) groups excluding carboxylic acids is 2. The van der Waals surface area contributed by atoms with Crippen molar-refractivity contribution in [2.24, 2.45) is 7.05 Å². The summed E-state index contributed by atoms with van der Waals surface area (Å²) in [6, 6.07) is 15.0. The lowest BCUT2D eigenvalue weighted by molar-refractivity contribution is 0.0976. The van der Waals surface area contributed by atoms with Gasteiger partial charge in [-0.1, -0.05) is 24.3 Å². The van der Waals surface area contributed by atoms with Gasteiger partial charge < -0.3 is 4.57 Å². The Morgan fingerprint density at radius 3 is 2.54 bits per heavy atom. The molecule has 0 aliphatic heterocycles. The number of ketones is 2. The first-order chi connectivity index (χ1) is 11.7. The minimum Gasteiger partial charge on any atom is -0.343 e. The summed E-state index contributed by atoms with van der Waals surface area (Å²) in [6.45, 7) is 0. The highest BCUT2D eigenvalue weighted by atomic mass is 16.1. The number of fused-ring (bicyclic) bond motifs is 6. The number of carbonyl (C=O) groups is 2. The van der Waals surface area contributed by atoms with Crippen LogP contribution in [0.2, 0.25) is 0 Å². The van der Waals surface area contributed by atoms with Crippen LogP contribution >= 0.6 is 0 Å². The van der Waals surface area contributed by atoms with Gasteiger partial charge in [0.15, 0.2) is 5.78 Å². The molecule has 24 heavy (non-hydrogen) atoms. The molecular weight excluding hydrogens is 300 g/mol. The number of aromatic nitrogens is 2. The van der Waals surface area contributed by atoms with Crippen molar-refractivity contribution in [2.45, 2.75) is 0 Å². The molecule has 0 radical (unpaired) electrons. The summed E-state index contributed by atoms with van der Waals surface area (Å²) in [5, 5.41) is 2.05. The first-order valence-corrected chi connectivity index (χ1v) is 7.73. The van der Waals surface area contributed by atoms with Crippen molar-refractivity contribution >= 4 is 33.4 Å². The molecule has 2 aromatic heterocycles. The van der Waals surface area contributed by atoms with E-state index in [9.17, 15) is 9.59 Å². The molecule has 0 saturated carbocycles. The van der Waals surface area contributed by atoms with Crippen molar-refractivity contribution in [1.82, 2.24) is 9.55 Å². The largest absolute Gasteiger partial charge is 0.343 e. The standard InChI is InChI=1S/C20H12N2O2/c1-22-15-7-3-2-5-11(15)12-8-9-13-16(18(12)22)20(24)17-14(19(13)23)6-4-10-21-17/h2-10H,1H3. The quantitative estimate of drug-likeness (QED) is 0.440. The van der Waals surface area contributed by atoms with E-state index in [0.717, 1.165) is 21.8 Å². The molecule has 1 aliphatic carbocycles. The number of hydrogen-bond donors (Lipinski definition) is 0. The van der Waals surface area contributed by atoms with Gasteiger partial charge >= 0.3 is 0 Å². The van der Waals surface area contributed by atoms with Crippen molar-refractivity contribution in [3.8, 4) is 0 Å². The molecule has 2 heterocycles. The first-order valence-electron chi connectivity index (χ1n) is 7.73. The lowest BCUT2D eigenvalue weighted by Crippen LogP contribution is -2.23. The third kappa shape index (κ3) is 1.45. The highest BCUT2D eigenvalue weighted by Gasteiger charge is 2.33. The van der Waals surface area contributed by atoms with Gasteiger partial charge in [-0.25, -0.2) is 0 Å². The van der Waals surface area contributed by atoms with Crippen molar-refractivity contribution in [3.05, 3.63) is 77.1 Å². The number of hydrogen-bond acceptors (Lipinski definition) is 3. The predicted octanol–water partition coefficient (Wildman–Crippen LogP) is 3.50. The zero-order valence-corrected chi connectivity index (χ0v) is 12.9. The number of nitrogens with zero attached hydrogens (tertiary/aromatic N) is 2. The topological polar surface area (TPSA) is 52.0 Å². The number of aryl methyl sites for hydroxylation is 1. The Morgan fingerprint density at radius 1 is 0.833 bits per heavy atom. The zero-order valence-electron chi connectivity index (χ0n) is 12.9. The van der Waals surface area contributed by atoms with Gasteiger partial charge in [-0.3, -0.25) is 14.6 Å². The van der Waals surface area contributed by atoms with E-state index in [-0.39, 0.29) is 17.3 Å². The molecule has 0 N–H and O–H groups in total. The summed E-state index contributed by atoms with van der Waals surface area (Å²) in [6.07, 6.45) is 1.55. The highest BCUT2D eigenvalue weighted by Crippen LogP contribution is 2.36. The molecule has 4 heteroatoms. The average molecular weight is 312 g/mol. The maximum absolute atomic E-state index is 13.1. The van der Waals surface area contributed by atoms with Gasteiger partial charge in [0.05, 0.1) is 16.6 Å². The normalized spacial score (nSPS) is 13.4. The van der Waals surface area contributed by atoms with Crippen LogP contribution in [0.4, 0.5) is 0 Å². The van der Waals surface area contributed by atoms with Crippen LogP contribution in [-0.2, 0) is 7.05 Å². The zero-order chi connectivity index (χ0) is 16.4. The van der Waals surface area contributed by atoms with Crippen molar-refractivity contribution in [3.63, 3.8) is 0 Å². The van der Waals surface area contributed by atoms with Crippen LogP contribution in [0, 0.1) is 0 Å². The maximum atomic E-state index is 13.1. The molecule has 1 aliphatic rings. The Hall–Kier alpha value is -3.27. The summed E-state index contributed by atoms with van der Waals surface area (Å²) in [5.41, 5.74) is 3.37. The van der Waals surface area contributed by atoms with E-state index in [1.807, 2.05) is 41.9 Å². The fourth-order valence-electron chi connectivity index (χ4n) is 3.72. The SMILES string of the molecule is Cn1c2ccccc2c2ccc3c(c21)C(=O)c1ncccc1C3=O. The Kier molecular flexibility index (Phi) is 2.41. The smallest absolute Gasteiger partial charge is 0.214 e. The number of benzene rings is 2. The Morgan fingerprint density at radius 2 is 1.67 bits per heavy atom. The van der Waals surface area contributed by atoms with E-state index in [0.29, 0.717) is 16.7 Å².